The molecular weight excluding hydrogens is 809 g/mol. The van der Waals surface area contributed by atoms with Crippen LogP contribution >= 0.6 is 11.3 Å². The first kappa shape index (κ1) is 41.9. The normalized spacial score (nSPS) is 19.8. The molecule has 0 radical (unpaired) electrons. The number of aromatic nitrogens is 3. The Hall–Kier alpha value is -5.22. The number of rotatable bonds is 5. The number of pyridine rings is 1. The molecule has 9 rings (SSSR count). The van der Waals surface area contributed by atoms with E-state index < -0.39 is 57.9 Å². The van der Waals surface area contributed by atoms with E-state index in [-0.39, 0.29) is 76.2 Å². The van der Waals surface area contributed by atoms with Crippen LogP contribution in [-0.2, 0) is 12.7 Å². The lowest BCUT2D eigenvalue weighted by Crippen LogP contribution is -2.34. The lowest BCUT2D eigenvalue weighted by Gasteiger charge is -2.33. The molecule has 19 heteroatoms. The van der Waals surface area contributed by atoms with Crippen LogP contribution in [0.15, 0.2) is 30.5 Å². The maximum atomic E-state index is 16.6. The number of alkyl halides is 6. The number of nitriles is 1. The Bertz CT molecular complexity index is 2400. The van der Waals surface area contributed by atoms with Gasteiger partial charge >= 0.3 is 12.2 Å². The van der Waals surface area contributed by atoms with Gasteiger partial charge < -0.3 is 25.8 Å². The van der Waals surface area contributed by atoms with Crippen LogP contribution in [0.2, 0.25) is 0 Å². The lowest BCUT2D eigenvalue weighted by atomic mass is 9.80. The van der Waals surface area contributed by atoms with E-state index in [0.29, 0.717) is 35.4 Å². The summed E-state index contributed by atoms with van der Waals surface area (Å²) in [6.45, 7) is 3.65. The summed E-state index contributed by atoms with van der Waals surface area (Å²) in [4.78, 5) is 16.3. The van der Waals surface area contributed by atoms with Gasteiger partial charge in [-0.05, 0) is 49.4 Å². The van der Waals surface area contributed by atoms with Gasteiger partial charge in [-0.1, -0.05) is 25.5 Å². The van der Waals surface area contributed by atoms with E-state index in [2.05, 4.69) is 19.9 Å². The van der Waals surface area contributed by atoms with Crippen molar-refractivity contribution in [3.63, 3.8) is 0 Å². The highest BCUT2D eigenvalue weighted by Crippen LogP contribution is 2.53. The zero-order valence-electron chi connectivity index (χ0n) is 32.0. The van der Waals surface area contributed by atoms with Gasteiger partial charge in [-0.25, -0.2) is 26.9 Å². The molecule has 3 aliphatic heterocycles. The Morgan fingerprint density at radius 1 is 1.10 bits per heavy atom. The zero-order chi connectivity index (χ0) is 42.4. The van der Waals surface area contributed by atoms with Crippen LogP contribution in [0.25, 0.3) is 32.1 Å². The second kappa shape index (κ2) is 16.4. The predicted molar refractivity (Wildman–Crippen MR) is 208 cm³/mol. The molecule has 6 heterocycles. The minimum Gasteiger partial charge on any atom is -0.490 e. The van der Waals surface area contributed by atoms with Crippen molar-refractivity contribution in [1.82, 2.24) is 19.9 Å². The Morgan fingerprint density at radius 3 is 2.49 bits per heavy atom. The highest BCUT2D eigenvalue weighted by atomic mass is 32.1. The monoisotopic (exact) mass is 848 g/mol. The van der Waals surface area contributed by atoms with Crippen LogP contribution in [0.5, 0.6) is 11.8 Å². The maximum Gasteiger partial charge on any atom is 0.420 e. The molecular formula is C40H40F8N8O2S. The third kappa shape index (κ3) is 8.21. The summed E-state index contributed by atoms with van der Waals surface area (Å²) in [6, 6.07) is 7.29. The molecule has 5 aromatic rings. The van der Waals surface area contributed by atoms with Crippen molar-refractivity contribution in [1.29, 1.82) is 5.26 Å². The van der Waals surface area contributed by atoms with E-state index in [4.69, 9.17) is 20.9 Å². The first-order valence-electron chi connectivity index (χ1n) is 19.0. The summed E-state index contributed by atoms with van der Waals surface area (Å²) in [7, 11) is 1.23. The molecule has 4 N–H and O–H groups in total. The molecule has 2 atom stereocenters. The quantitative estimate of drug-likeness (QED) is 0.165. The molecule has 59 heavy (non-hydrogen) atoms. The molecule has 0 spiro atoms. The average Bonchev–Trinajstić information content (AvgIpc) is 3.84. The minimum atomic E-state index is -5.17. The van der Waals surface area contributed by atoms with Gasteiger partial charge in [-0.2, -0.15) is 28.4 Å². The third-order valence-electron chi connectivity index (χ3n) is 11.1. The number of methoxy groups -OCH3 is 1. The molecule has 2 saturated heterocycles. The first-order chi connectivity index (χ1) is 28.0. The SMILES string of the molecule is CCC1CC(F)(F)C1.COc1nc2c3c(c(C(F)(F)F)c(-c4ccc(F)c5sc(N)c(C#N)c45)c(F)c3n1)OCCN2Cc1cccnc1N.FC1CC2CCCN2C1. The highest BCUT2D eigenvalue weighted by Gasteiger charge is 2.45. The van der Waals surface area contributed by atoms with Gasteiger partial charge in [-0.15, -0.1) is 11.3 Å². The molecule has 1 aliphatic carbocycles. The summed E-state index contributed by atoms with van der Waals surface area (Å²) in [6.07, 6.45) is 0.300. The van der Waals surface area contributed by atoms with E-state index in [0.717, 1.165) is 31.5 Å². The Balaban J connectivity index is 0.000000254. The van der Waals surface area contributed by atoms with Crippen molar-refractivity contribution in [3.8, 4) is 29.0 Å². The number of nitrogens with zero attached hydrogens (tertiary/aromatic N) is 6. The van der Waals surface area contributed by atoms with Crippen molar-refractivity contribution < 1.29 is 44.6 Å². The Morgan fingerprint density at radius 2 is 1.86 bits per heavy atom. The molecule has 0 amide bonds. The Kier molecular flexibility index (Phi) is 11.7. The van der Waals surface area contributed by atoms with Gasteiger partial charge in [0.15, 0.2) is 5.82 Å². The summed E-state index contributed by atoms with van der Waals surface area (Å²) >= 11 is 0.675. The van der Waals surface area contributed by atoms with E-state index in [1.165, 1.54) is 26.1 Å². The molecule has 314 valence electrons. The largest absolute Gasteiger partial charge is 0.490 e. The number of halogens is 8. The first-order valence-corrected chi connectivity index (χ1v) is 19.8. The summed E-state index contributed by atoms with van der Waals surface area (Å²) < 4.78 is 124. The smallest absolute Gasteiger partial charge is 0.420 e. The predicted octanol–water partition coefficient (Wildman–Crippen LogP) is 9.28. The maximum absolute atomic E-state index is 16.6. The van der Waals surface area contributed by atoms with E-state index >= 15 is 4.39 Å². The van der Waals surface area contributed by atoms with Crippen molar-refractivity contribution in [2.75, 3.05) is 49.7 Å². The second-order valence-corrected chi connectivity index (χ2v) is 15.9. The number of thiophene rings is 1. The van der Waals surface area contributed by atoms with Crippen molar-refractivity contribution in [2.45, 2.75) is 76.3 Å². The average molecular weight is 849 g/mol. The van der Waals surface area contributed by atoms with Crippen molar-refractivity contribution >= 4 is 49.0 Å². The summed E-state index contributed by atoms with van der Waals surface area (Å²) in [5, 5.41) is 9.00. The molecule has 0 bridgehead atoms. The fourth-order valence-electron chi connectivity index (χ4n) is 8.17. The van der Waals surface area contributed by atoms with E-state index in [9.17, 15) is 36.0 Å². The number of benzene rings is 2. The zero-order valence-corrected chi connectivity index (χ0v) is 32.8. The fraction of sp³-hybridized carbons (Fsp3) is 0.450. The fourth-order valence-corrected chi connectivity index (χ4v) is 9.12. The van der Waals surface area contributed by atoms with Gasteiger partial charge in [0, 0.05) is 54.7 Å². The van der Waals surface area contributed by atoms with Gasteiger partial charge in [0.05, 0.1) is 29.3 Å². The number of fused-ring (bicyclic) bond motifs is 2. The van der Waals surface area contributed by atoms with Gasteiger partial charge in [0.2, 0.25) is 5.92 Å². The van der Waals surface area contributed by atoms with Crippen LogP contribution < -0.4 is 25.8 Å². The van der Waals surface area contributed by atoms with Crippen molar-refractivity contribution in [3.05, 3.63) is 58.8 Å². The Labute approximate surface area is 337 Å². The lowest BCUT2D eigenvalue weighted by molar-refractivity contribution is -0.138. The van der Waals surface area contributed by atoms with Crippen LogP contribution in [0, 0.1) is 28.9 Å². The molecule has 2 unspecified atom stereocenters. The number of ether oxygens (including phenoxy) is 2. The highest BCUT2D eigenvalue weighted by molar-refractivity contribution is 7.23. The molecule has 3 fully saturated rings. The van der Waals surface area contributed by atoms with Gasteiger partial charge in [0.1, 0.15) is 58.1 Å². The third-order valence-corrected chi connectivity index (χ3v) is 12.1. The minimum absolute atomic E-state index is 0.0347. The molecule has 1 saturated carbocycles. The summed E-state index contributed by atoms with van der Waals surface area (Å²) in [5.41, 5.74) is 8.81. The van der Waals surface area contributed by atoms with E-state index in [1.807, 2.05) is 6.92 Å². The molecule has 2 aromatic carbocycles. The summed E-state index contributed by atoms with van der Waals surface area (Å²) in [5.74, 6) is -4.81. The molecule has 4 aliphatic rings. The number of hydrogen-bond donors (Lipinski definition) is 2. The van der Waals surface area contributed by atoms with Crippen LogP contribution in [0.4, 0.5) is 51.8 Å². The number of nitrogen functional groups attached to an aromatic ring is 2. The van der Waals surface area contributed by atoms with Crippen LogP contribution in [0.1, 0.15) is 62.1 Å². The number of hydrogen-bond acceptors (Lipinski definition) is 11. The van der Waals surface area contributed by atoms with E-state index in [1.54, 1.807) is 23.1 Å². The standard InChI is InChI=1S/C27H18F5N7O2S.C7H12FN.C6H10F2/c1-40-26-37-20-17-21(41-8-7-39(25(17)38-26)10-11-3-2-6-36-23(11)34)18(27(30,31)32)16(19(20)29)12-4-5-14(28)22-15(12)13(9-33)24(35)42-22;8-6-4-7-2-1-3-9(7)5-6;1-2-5-3-6(7,8)4-5/h2-6H,7-8,10,35H2,1H3,(H2,34,36);6-7H,1-5H2;5H,2-4H2,1H3. The number of nitrogens with two attached hydrogens (primary N) is 2. The van der Waals surface area contributed by atoms with Gasteiger partial charge in [-0.3, -0.25) is 4.90 Å². The topological polar surface area (TPSA) is 139 Å². The van der Waals surface area contributed by atoms with Crippen LogP contribution in [0.3, 0.4) is 0 Å². The van der Waals surface area contributed by atoms with Crippen LogP contribution in [-0.4, -0.2) is 71.3 Å². The number of anilines is 3. The molecule has 10 nitrogen and oxygen atoms in total. The van der Waals surface area contributed by atoms with Crippen molar-refractivity contribution in [2.24, 2.45) is 5.92 Å². The molecule has 3 aromatic heterocycles. The second-order valence-electron chi connectivity index (χ2n) is 14.9. The van der Waals surface area contributed by atoms with Gasteiger partial charge in [0.25, 0.3) is 0 Å².